The van der Waals surface area contributed by atoms with E-state index in [0.717, 1.165) is 19.2 Å². The van der Waals surface area contributed by atoms with Gasteiger partial charge in [-0.2, -0.15) is 5.10 Å². The lowest BCUT2D eigenvalue weighted by Gasteiger charge is -2.16. The number of fused-ring (bicyclic) bond motifs is 1. The summed E-state index contributed by atoms with van der Waals surface area (Å²) in [5.41, 5.74) is -2.48. The van der Waals surface area contributed by atoms with Gasteiger partial charge < -0.3 is 25.6 Å². The van der Waals surface area contributed by atoms with Crippen molar-refractivity contribution in [1.82, 2.24) is 9.97 Å². The van der Waals surface area contributed by atoms with Crippen molar-refractivity contribution in [2.75, 3.05) is 19.0 Å². The van der Waals surface area contributed by atoms with Gasteiger partial charge in [-0.15, -0.1) is 0 Å². The molecule has 1 unspecified atom stereocenters. The number of rotatable bonds is 9. The minimum Gasteiger partial charge on any atom is -0.492 e. The number of carbonyl (C=O) groups is 3. The number of H-pyrrole nitrogens is 1. The minimum atomic E-state index is -1.95. The van der Waals surface area contributed by atoms with Crippen LogP contribution in [0.2, 0.25) is 0 Å². The number of nitro benzene ring substituents is 1. The van der Waals surface area contributed by atoms with E-state index >= 15 is 0 Å². The van der Waals surface area contributed by atoms with Crippen molar-refractivity contribution in [2.24, 2.45) is 10.9 Å². The van der Waals surface area contributed by atoms with E-state index in [1.54, 1.807) is 25.1 Å². The van der Waals surface area contributed by atoms with Crippen LogP contribution in [0.5, 0.6) is 5.75 Å². The molecule has 4 N–H and O–H groups in total. The predicted molar refractivity (Wildman–Crippen MR) is 127 cm³/mol. The van der Waals surface area contributed by atoms with Gasteiger partial charge >= 0.3 is 5.97 Å². The number of non-ortho nitro benzene ring substituents is 1. The second-order valence-electron chi connectivity index (χ2n) is 7.10. The number of methoxy groups -OCH3 is 1. The first-order valence-electron chi connectivity index (χ1n) is 10.3. The maximum Gasteiger partial charge on any atom is 0.355 e. The molecular formula is C22H20N6O8. The molecular weight excluding hydrogens is 476 g/mol. The molecule has 2 aromatic carbocycles. The lowest BCUT2D eigenvalue weighted by atomic mass is 9.93. The van der Waals surface area contributed by atoms with Crippen LogP contribution in [0.25, 0.3) is 11.0 Å². The first-order valence-corrected chi connectivity index (χ1v) is 10.3. The van der Waals surface area contributed by atoms with Crippen LogP contribution in [0.15, 0.2) is 52.4 Å². The van der Waals surface area contributed by atoms with E-state index in [0.29, 0.717) is 0 Å². The normalized spacial score (nSPS) is 12.0. The van der Waals surface area contributed by atoms with Crippen LogP contribution in [0.4, 0.5) is 11.4 Å². The third-order valence-electron chi connectivity index (χ3n) is 4.91. The summed E-state index contributed by atoms with van der Waals surface area (Å²) in [6.45, 7) is 2.01. The fraction of sp³-hybridized carbons (Fsp3) is 0.182. The maximum absolute atomic E-state index is 13.3. The summed E-state index contributed by atoms with van der Waals surface area (Å²) < 4.78 is 10.0. The molecule has 1 amide bonds. The predicted octanol–water partition coefficient (Wildman–Crippen LogP) is 1.01. The van der Waals surface area contributed by atoms with Crippen molar-refractivity contribution in [2.45, 2.75) is 12.8 Å². The summed E-state index contributed by atoms with van der Waals surface area (Å²) in [7, 11) is 0.991. The van der Waals surface area contributed by atoms with Gasteiger partial charge in [0.15, 0.2) is 5.71 Å². The Balaban J connectivity index is 2.11. The lowest BCUT2D eigenvalue weighted by Crippen LogP contribution is -2.40. The number of Topliss-reactive ketones (excluding diaryl/α,β-unsaturated/α-hetero) is 1. The Morgan fingerprint density at radius 3 is 2.61 bits per heavy atom. The Kier molecular flexibility index (Phi) is 7.69. The van der Waals surface area contributed by atoms with Crippen LogP contribution < -0.4 is 21.5 Å². The number of amides is 1. The standard InChI is InChI=1S/C22H20N6O8/c1-3-36-15-7-5-4-6-13(15)25-21(31)19(29)16(18(27-23)22(32)35-2)17-20(30)26-14-10-11(28(33)34)8-9-12(14)24-17/h4-10,16H,3,23H2,1-2H3,(H,25,31)(H,26,30)/b27-18-. The van der Waals surface area contributed by atoms with Crippen LogP contribution in [0.1, 0.15) is 18.5 Å². The number of anilines is 1. The molecule has 14 heteroatoms. The topological polar surface area (TPSA) is 209 Å². The maximum atomic E-state index is 13.3. The summed E-state index contributed by atoms with van der Waals surface area (Å²) in [6.07, 6.45) is 0. The molecule has 0 aliphatic heterocycles. The highest BCUT2D eigenvalue weighted by Crippen LogP contribution is 2.25. The zero-order valence-corrected chi connectivity index (χ0v) is 19.0. The van der Waals surface area contributed by atoms with Gasteiger partial charge in [0.2, 0.25) is 5.78 Å². The van der Waals surface area contributed by atoms with Gasteiger partial charge in [0.05, 0.1) is 35.4 Å². The second kappa shape index (κ2) is 10.9. The summed E-state index contributed by atoms with van der Waals surface area (Å²) in [6, 6.07) is 9.73. The fourth-order valence-electron chi connectivity index (χ4n) is 3.29. The number of para-hydroxylation sites is 2. The van der Waals surface area contributed by atoms with Crippen LogP contribution in [-0.2, 0) is 19.1 Å². The Morgan fingerprint density at radius 2 is 1.97 bits per heavy atom. The van der Waals surface area contributed by atoms with E-state index in [-0.39, 0.29) is 34.8 Å². The molecule has 3 rings (SSSR count). The number of benzene rings is 2. The first kappa shape index (κ1) is 25.5. The third kappa shape index (κ3) is 5.16. The Hall–Kier alpha value is -5.14. The lowest BCUT2D eigenvalue weighted by molar-refractivity contribution is -0.384. The number of carbonyl (C=O) groups excluding carboxylic acids is 3. The van der Waals surface area contributed by atoms with Gasteiger partial charge in [0.1, 0.15) is 17.4 Å². The molecule has 0 fully saturated rings. The Morgan fingerprint density at radius 1 is 1.25 bits per heavy atom. The quantitative estimate of drug-likeness (QED) is 0.0955. The first-order chi connectivity index (χ1) is 17.2. The molecule has 0 saturated carbocycles. The minimum absolute atomic E-state index is 0.0106. The van der Waals surface area contributed by atoms with E-state index in [4.69, 9.17) is 10.6 Å². The molecule has 0 aliphatic rings. The highest BCUT2D eigenvalue weighted by Gasteiger charge is 2.39. The molecule has 0 bridgehead atoms. The van der Waals surface area contributed by atoms with Crippen molar-refractivity contribution in [3.63, 3.8) is 0 Å². The van der Waals surface area contributed by atoms with Gasteiger partial charge in [-0.25, -0.2) is 9.78 Å². The number of hydrogen-bond acceptors (Lipinski definition) is 11. The monoisotopic (exact) mass is 496 g/mol. The number of ether oxygens (including phenoxy) is 2. The van der Waals surface area contributed by atoms with Crippen LogP contribution >= 0.6 is 0 Å². The number of hydrazone groups is 1. The van der Waals surface area contributed by atoms with Gasteiger partial charge in [-0.3, -0.25) is 24.5 Å². The molecule has 36 heavy (non-hydrogen) atoms. The molecule has 0 spiro atoms. The number of nitrogens with one attached hydrogen (secondary N) is 2. The van der Waals surface area contributed by atoms with E-state index < -0.39 is 45.5 Å². The van der Waals surface area contributed by atoms with Gasteiger partial charge in [-0.05, 0) is 25.1 Å². The van der Waals surface area contributed by atoms with Crippen molar-refractivity contribution in [1.29, 1.82) is 0 Å². The van der Waals surface area contributed by atoms with Gasteiger partial charge in [0, 0.05) is 12.1 Å². The summed E-state index contributed by atoms with van der Waals surface area (Å²) in [5, 5.41) is 16.7. The van der Waals surface area contributed by atoms with Crippen LogP contribution in [0, 0.1) is 10.1 Å². The molecule has 186 valence electrons. The Labute approximate surface area is 202 Å². The highest BCUT2D eigenvalue weighted by atomic mass is 16.6. The fourth-order valence-corrected chi connectivity index (χ4v) is 3.29. The molecule has 14 nitrogen and oxygen atoms in total. The Bertz CT molecular complexity index is 1450. The van der Waals surface area contributed by atoms with Crippen molar-refractivity contribution >= 4 is 45.8 Å². The average molecular weight is 496 g/mol. The van der Waals surface area contributed by atoms with Crippen molar-refractivity contribution in [3.8, 4) is 5.75 Å². The second-order valence-corrected chi connectivity index (χ2v) is 7.10. The van der Waals surface area contributed by atoms with E-state index in [1.165, 1.54) is 12.1 Å². The number of hydrogen-bond donors (Lipinski definition) is 3. The molecule has 1 heterocycles. The average Bonchev–Trinajstić information content (AvgIpc) is 2.87. The zero-order valence-electron chi connectivity index (χ0n) is 19.0. The SMILES string of the molecule is CCOc1ccccc1NC(=O)C(=O)C(/C(=N/N)C(=O)OC)c1nc2ccc([N+](=O)[O-])cc2[nH]c1=O. The van der Waals surface area contributed by atoms with Crippen LogP contribution in [0.3, 0.4) is 0 Å². The molecule has 0 aliphatic carbocycles. The summed E-state index contributed by atoms with van der Waals surface area (Å²) >= 11 is 0. The molecule has 0 radical (unpaired) electrons. The number of aromatic nitrogens is 2. The van der Waals surface area contributed by atoms with Gasteiger partial charge in [0.25, 0.3) is 17.2 Å². The summed E-state index contributed by atoms with van der Waals surface area (Å²) in [4.78, 5) is 68.2. The number of ketones is 1. The van der Waals surface area contributed by atoms with Crippen LogP contribution in [-0.4, -0.2) is 52.0 Å². The number of nitrogens with zero attached hydrogens (tertiary/aromatic N) is 3. The van der Waals surface area contributed by atoms with E-state index in [1.807, 2.05) is 0 Å². The molecule has 1 atom stereocenters. The number of nitrogens with two attached hydrogens (primary N) is 1. The van der Waals surface area contributed by atoms with E-state index in [2.05, 4.69) is 25.1 Å². The highest BCUT2D eigenvalue weighted by molar-refractivity contribution is 6.53. The number of aromatic amines is 1. The number of nitro groups is 1. The van der Waals surface area contributed by atoms with Crippen molar-refractivity contribution < 1.29 is 28.8 Å². The largest absolute Gasteiger partial charge is 0.492 e. The smallest absolute Gasteiger partial charge is 0.355 e. The van der Waals surface area contributed by atoms with Crippen molar-refractivity contribution in [3.05, 3.63) is 68.6 Å². The third-order valence-corrected chi connectivity index (χ3v) is 4.91. The molecule has 3 aromatic rings. The molecule has 1 aromatic heterocycles. The summed E-state index contributed by atoms with van der Waals surface area (Å²) in [5.74, 6) is -0.0423. The van der Waals surface area contributed by atoms with Gasteiger partial charge in [-0.1, -0.05) is 12.1 Å². The molecule has 0 saturated heterocycles. The van der Waals surface area contributed by atoms with E-state index in [9.17, 15) is 29.3 Å². The zero-order chi connectivity index (χ0) is 26.4. The number of esters is 1.